The van der Waals surface area contributed by atoms with Crippen LogP contribution in [0.5, 0.6) is 0 Å². The van der Waals surface area contributed by atoms with E-state index in [9.17, 15) is 0 Å². The van der Waals surface area contributed by atoms with Crippen LogP contribution in [0.2, 0.25) is 0 Å². The highest BCUT2D eigenvalue weighted by Crippen LogP contribution is 2.07. The van der Waals surface area contributed by atoms with Gasteiger partial charge in [-0.15, -0.1) is 5.10 Å². The van der Waals surface area contributed by atoms with Crippen LogP contribution < -0.4 is 0 Å². The number of hydrogen-bond acceptors (Lipinski definition) is 5. The monoisotopic (exact) mass is 270 g/mol. The SMILES string of the molecule is Cn1cnc2nc(N=Cc3ccccc3)nn2c1=S. The zero-order chi connectivity index (χ0) is 13.2. The molecule has 3 rings (SSSR count). The zero-order valence-electron chi connectivity index (χ0n) is 10.1. The van der Waals surface area contributed by atoms with Crippen LogP contribution in [0.3, 0.4) is 0 Å². The second-order valence-corrected chi connectivity index (χ2v) is 4.30. The molecule has 94 valence electrons. The van der Waals surface area contributed by atoms with E-state index in [2.05, 4.69) is 20.1 Å². The number of fused-ring (bicyclic) bond motifs is 1. The first kappa shape index (κ1) is 11.7. The molecule has 0 fully saturated rings. The molecule has 0 radical (unpaired) electrons. The summed E-state index contributed by atoms with van der Waals surface area (Å²) in [4.78, 5) is 12.5. The van der Waals surface area contributed by atoms with E-state index in [1.165, 1.54) is 4.52 Å². The number of aromatic nitrogens is 5. The Hall–Kier alpha value is -2.41. The van der Waals surface area contributed by atoms with Crippen molar-refractivity contribution >= 4 is 30.2 Å². The van der Waals surface area contributed by atoms with E-state index in [1.54, 1.807) is 17.1 Å². The molecule has 0 amide bonds. The van der Waals surface area contributed by atoms with Gasteiger partial charge in [-0.25, -0.2) is 9.98 Å². The zero-order valence-corrected chi connectivity index (χ0v) is 10.9. The predicted molar refractivity (Wildman–Crippen MR) is 74.3 cm³/mol. The molecule has 19 heavy (non-hydrogen) atoms. The summed E-state index contributed by atoms with van der Waals surface area (Å²) in [7, 11) is 1.81. The fourth-order valence-electron chi connectivity index (χ4n) is 1.57. The van der Waals surface area contributed by atoms with Crippen molar-refractivity contribution in [3.8, 4) is 0 Å². The van der Waals surface area contributed by atoms with E-state index >= 15 is 0 Å². The topological polar surface area (TPSA) is 60.4 Å². The molecule has 2 heterocycles. The molecule has 0 aliphatic heterocycles. The highest BCUT2D eigenvalue weighted by Gasteiger charge is 2.04. The molecule has 7 heteroatoms. The van der Waals surface area contributed by atoms with Crippen molar-refractivity contribution in [2.45, 2.75) is 0 Å². The van der Waals surface area contributed by atoms with Crippen LogP contribution >= 0.6 is 12.2 Å². The molecule has 0 spiro atoms. The Balaban J connectivity index is 2.01. The highest BCUT2D eigenvalue weighted by molar-refractivity contribution is 7.71. The molecular formula is C12H10N6S. The molecule has 2 aromatic heterocycles. The van der Waals surface area contributed by atoms with Crippen molar-refractivity contribution in [1.29, 1.82) is 0 Å². The van der Waals surface area contributed by atoms with Crippen LogP contribution in [-0.2, 0) is 7.05 Å². The van der Waals surface area contributed by atoms with Crippen LogP contribution in [0, 0.1) is 4.77 Å². The second kappa shape index (κ2) is 4.69. The number of benzene rings is 1. The number of hydrogen-bond donors (Lipinski definition) is 0. The predicted octanol–water partition coefficient (Wildman–Crippen LogP) is 1.94. The maximum absolute atomic E-state index is 5.22. The molecule has 1 aromatic carbocycles. The third-order valence-electron chi connectivity index (χ3n) is 2.54. The van der Waals surface area contributed by atoms with E-state index < -0.39 is 0 Å². The van der Waals surface area contributed by atoms with Crippen molar-refractivity contribution in [1.82, 2.24) is 24.1 Å². The minimum atomic E-state index is 0.341. The minimum Gasteiger partial charge on any atom is -0.311 e. The van der Waals surface area contributed by atoms with Crippen molar-refractivity contribution < 1.29 is 0 Å². The lowest BCUT2D eigenvalue weighted by atomic mass is 10.2. The van der Waals surface area contributed by atoms with Crippen molar-refractivity contribution in [2.24, 2.45) is 12.0 Å². The Morgan fingerprint density at radius 3 is 2.84 bits per heavy atom. The van der Waals surface area contributed by atoms with E-state index in [1.807, 2.05) is 37.4 Å². The Bertz CT molecular complexity index is 802. The smallest absolute Gasteiger partial charge is 0.270 e. The first-order valence-corrected chi connectivity index (χ1v) is 6.02. The average molecular weight is 270 g/mol. The van der Waals surface area contributed by atoms with Gasteiger partial charge in [-0.1, -0.05) is 30.3 Å². The largest absolute Gasteiger partial charge is 0.311 e. The van der Waals surface area contributed by atoms with E-state index in [0.717, 1.165) is 5.56 Å². The Morgan fingerprint density at radius 1 is 1.26 bits per heavy atom. The van der Waals surface area contributed by atoms with Gasteiger partial charge < -0.3 is 4.57 Å². The van der Waals surface area contributed by atoms with Crippen molar-refractivity contribution in [2.75, 3.05) is 0 Å². The summed E-state index contributed by atoms with van der Waals surface area (Å²) in [5.41, 5.74) is 0.985. The summed E-state index contributed by atoms with van der Waals surface area (Å²) in [6.45, 7) is 0. The lowest BCUT2D eigenvalue weighted by molar-refractivity contribution is 0.747. The number of nitrogens with zero attached hydrogens (tertiary/aromatic N) is 6. The quantitative estimate of drug-likeness (QED) is 0.527. The Kier molecular flexibility index (Phi) is 2.88. The third-order valence-corrected chi connectivity index (χ3v) is 3.00. The minimum absolute atomic E-state index is 0.341. The fourth-order valence-corrected chi connectivity index (χ4v) is 1.74. The molecular weight excluding hydrogens is 260 g/mol. The fraction of sp³-hybridized carbons (Fsp3) is 0.0833. The summed E-state index contributed by atoms with van der Waals surface area (Å²) in [6, 6.07) is 9.75. The molecule has 0 saturated heterocycles. The van der Waals surface area contributed by atoms with Gasteiger partial charge in [0.15, 0.2) is 0 Å². The van der Waals surface area contributed by atoms with E-state index in [0.29, 0.717) is 16.5 Å². The summed E-state index contributed by atoms with van der Waals surface area (Å²) >= 11 is 5.22. The van der Waals surface area contributed by atoms with Gasteiger partial charge in [-0.2, -0.15) is 9.50 Å². The average Bonchev–Trinajstić information content (AvgIpc) is 2.86. The first-order valence-electron chi connectivity index (χ1n) is 5.61. The summed E-state index contributed by atoms with van der Waals surface area (Å²) in [5, 5.41) is 4.21. The van der Waals surface area contributed by atoms with Gasteiger partial charge in [0.25, 0.3) is 11.7 Å². The van der Waals surface area contributed by atoms with Crippen molar-refractivity contribution in [3.05, 3.63) is 47.0 Å². The number of aliphatic imine (C=N–C) groups is 1. The highest BCUT2D eigenvalue weighted by atomic mass is 32.1. The van der Waals surface area contributed by atoms with Gasteiger partial charge in [-0.05, 0) is 17.8 Å². The normalized spacial score (nSPS) is 11.4. The van der Waals surface area contributed by atoms with Crippen molar-refractivity contribution in [3.63, 3.8) is 0 Å². The molecule has 0 unspecified atom stereocenters. The van der Waals surface area contributed by atoms with Crippen LogP contribution in [0.15, 0.2) is 41.7 Å². The third kappa shape index (κ3) is 2.27. The summed E-state index contributed by atoms with van der Waals surface area (Å²) in [5.74, 6) is 0.789. The molecule has 0 atom stereocenters. The van der Waals surface area contributed by atoms with E-state index in [-0.39, 0.29) is 0 Å². The lowest BCUT2D eigenvalue weighted by Gasteiger charge is -1.96. The number of aryl methyl sites for hydroxylation is 1. The molecule has 0 N–H and O–H groups in total. The molecule has 6 nitrogen and oxygen atoms in total. The molecule has 0 bridgehead atoms. The van der Waals surface area contributed by atoms with Gasteiger partial charge in [0.05, 0.1) is 0 Å². The maximum Gasteiger partial charge on any atom is 0.270 e. The molecule has 0 aliphatic rings. The number of rotatable bonds is 2. The van der Waals surface area contributed by atoms with Gasteiger partial charge in [0.1, 0.15) is 6.33 Å². The van der Waals surface area contributed by atoms with Gasteiger partial charge >= 0.3 is 0 Å². The van der Waals surface area contributed by atoms with Gasteiger partial charge in [-0.3, -0.25) is 0 Å². The maximum atomic E-state index is 5.22. The van der Waals surface area contributed by atoms with Crippen LogP contribution in [-0.4, -0.2) is 30.4 Å². The second-order valence-electron chi connectivity index (χ2n) is 3.93. The first-order chi connectivity index (χ1) is 9.24. The standard InChI is InChI=1S/C12H10N6S/c1-17-8-14-11-15-10(16-18(11)12(17)19)13-7-9-5-3-2-4-6-9/h2-8H,1H3. The van der Waals surface area contributed by atoms with Gasteiger partial charge in [0.2, 0.25) is 4.77 Å². The van der Waals surface area contributed by atoms with Crippen LogP contribution in [0.25, 0.3) is 5.78 Å². The van der Waals surface area contributed by atoms with Crippen LogP contribution in [0.1, 0.15) is 5.56 Å². The van der Waals surface area contributed by atoms with Crippen LogP contribution in [0.4, 0.5) is 5.95 Å². The lowest BCUT2D eigenvalue weighted by Crippen LogP contribution is -2.02. The Morgan fingerprint density at radius 2 is 2.05 bits per heavy atom. The summed E-state index contributed by atoms with van der Waals surface area (Å²) < 4.78 is 3.72. The Labute approximate surface area is 114 Å². The molecule has 3 aromatic rings. The van der Waals surface area contributed by atoms with Gasteiger partial charge in [0, 0.05) is 13.3 Å². The molecule has 0 aliphatic carbocycles. The summed E-state index contributed by atoms with van der Waals surface area (Å²) in [6.07, 6.45) is 3.31. The van der Waals surface area contributed by atoms with E-state index in [4.69, 9.17) is 12.2 Å². The molecule has 0 saturated carbocycles.